The minimum atomic E-state index is -4.79. The van der Waals surface area contributed by atoms with E-state index in [9.17, 15) is 22.8 Å². The molecule has 1 unspecified atom stereocenters. The number of hydrogen-bond acceptors (Lipinski definition) is 4. The molecule has 0 fully saturated rings. The number of rotatable bonds is 4. The molecule has 4 rings (SSSR count). The Bertz CT molecular complexity index is 1310. The molecule has 3 aromatic carbocycles. The Balaban J connectivity index is 0.000000338. The molecule has 3 aromatic rings. The number of alkyl halides is 3. The van der Waals surface area contributed by atoms with Crippen molar-refractivity contribution in [3.05, 3.63) is 105 Å². The maximum atomic E-state index is 13.9. The third kappa shape index (κ3) is 5.80. The third-order valence-corrected chi connectivity index (χ3v) is 5.80. The highest BCUT2D eigenvalue weighted by Crippen LogP contribution is 2.49. The molecular weight excluding hydrogens is 520 g/mol. The van der Waals surface area contributed by atoms with E-state index < -0.39 is 24.2 Å². The number of aryl methyl sites for hydroxylation is 1. The lowest BCUT2D eigenvalue weighted by Crippen LogP contribution is -2.42. The summed E-state index contributed by atoms with van der Waals surface area (Å²) in [5.41, 5.74) is 3.39. The van der Waals surface area contributed by atoms with Gasteiger partial charge in [0.05, 0.1) is 11.3 Å². The molecule has 0 radical (unpaired) electrons. The van der Waals surface area contributed by atoms with E-state index in [2.05, 4.69) is 5.16 Å². The zero-order chi connectivity index (χ0) is 26.7. The Morgan fingerprint density at radius 3 is 2.11 bits per heavy atom. The highest BCUT2D eigenvalue weighted by Gasteiger charge is 2.62. The molecule has 11 heteroatoms. The van der Waals surface area contributed by atoms with E-state index in [4.69, 9.17) is 38.9 Å². The maximum Gasteiger partial charge on any atom is 0.435 e. The number of carboxylic acids is 1. The van der Waals surface area contributed by atoms with Crippen molar-refractivity contribution in [2.75, 3.05) is 0 Å². The number of carbonyl (C=O) groups excluding carboxylic acids is 1. The summed E-state index contributed by atoms with van der Waals surface area (Å²) < 4.78 is 41.8. The third-order valence-electron chi connectivity index (χ3n) is 5.36. The van der Waals surface area contributed by atoms with Crippen molar-refractivity contribution in [2.24, 2.45) is 10.9 Å². The van der Waals surface area contributed by atoms with Gasteiger partial charge in [0, 0.05) is 27.6 Å². The number of hydrogen-bond donors (Lipinski definition) is 2. The van der Waals surface area contributed by atoms with E-state index in [1.165, 1.54) is 24.3 Å². The zero-order valence-corrected chi connectivity index (χ0v) is 20.2. The van der Waals surface area contributed by atoms with Gasteiger partial charge >= 0.3 is 12.1 Å². The number of amides is 1. The Morgan fingerprint density at radius 2 is 1.64 bits per heavy atom. The first-order valence-electron chi connectivity index (χ1n) is 10.3. The van der Waals surface area contributed by atoms with Crippen LogP contribution in [0.5, 0.6) is 0 Å². The fraction of sp³-hybridized carbons (Fsp3) is 0.160. The largest absolute Gasteiger partial charge is 0.478 e. The normalized spacial score (nSPS) is 16.9. The van der Waals surface area contributed by atoms with Crippen LogP contribution in [0.1, 0.15) is 43.8 Å². The predicted molar refractivity (Wildman–Crippen MR) is 130 cm³/mol. The summed E-state index contributed by atoms with van der Waals surface area (Å²) in [5, 5.41) is 12.8. The van der Waals surface area contributed by atoms with Crippen LogP contribution in [0.3, 0.4) is 0 Å². The van der Waals surface area contributed by atoms with Gasteiger partial charge in [0.25, 0.3) is 5.60 Å². The predicted octanol–water partition coefficient (Wildman–Crippen LogP) is 6.37. The summed E-state index contributed by atoms with van der Waals surface area (Å²) in [4.78, 5) is 26.4. The van der Waals surface area contributed by atoms with E-state index in [1.54, 1.807) is 31.2 Å². The quantitative estimate of drug-likeness (QED) is 0.403. The molecule has 3 N–H and O–H groups in total. The SMILES string of the molecule is Cc1cc(C2=NOC(c3cc(Cl)cc(Cl)c3)(C(F)(F)F)C2)ccc1C(=O)O.NC(=O)c1ccccc1. The standard InChI is InChI=1S/C18H12Cl2F3NO3.C7H7NO/c1-9-4-10(2-3-14(9)16(25)26)15-8-17(27-24-15,18(21,22)23)11-5-12(19)7-13(20)6-11;8-7(9)6-4-2-1-3-5-6/h2-7H,8H2,1H3,(H,25,26);1-5H,(H2,8,9). The molecular formula is C25H19Cl2F3N2O4. The van der Waals surface area contributed by atoms with Crippen molar-refractivity contribution in [3.8, 4) is 0 Å². The smallest absolute Gasteiger partial charge is 0.435 e. The van der Waals surface area contributed by atoms with Gasteiger partial charge < -0.3 is 15.7 Å². The number of aromatic carboxylic acids is 1. The average molecular weight is 539 g/mol. The molecule has 6 nitrogen and oxygen atoms in total. The van der Waals surface area contributed by atoms with E-state index in [0.717, 1.165) is 12.1 Å². The van der Waals surface area contributed by atoms with Crippen LogP contribution in [0.4, 0.5) is 13.2 Å². The minimum absolute atomic E-state index is 0.0415. The molecule has 1 aliphatic heterocycles. The van der Waals surface area contributed by atoms with Crippen molar-refractivity contribution in [2.45, 2.75) is 25.1 Å². The van der Waals surface area contributed by atoms with Crippen LogP contribution in [0, 0.1) is 6.92 Å². The number of nitrogens with zero attached hydrogens (tertiary/aromatic N) is 1. The van der Waals surface area contributed by atoms with Crippen LogP contribution < -0.4 is 5.73 Å². The summed E-state index contributed by atoms with van der Waals surface area (Å²) in [6.45, 7) is 1.55. The Labute approximate surface area is 214 Å². The van der Waals surface area contributed by atoms with E-state index in [1.807, 2.05) is 6.07 Å². The second-order valence-corrected chi connectivity index (χ2v) is 8.73. The van der Waals surface area contributed by atoms with Gasteiger partial charge in [0.2, 0.25) is 5.91 Å². The molecule has 1 aliphatic rings. The van der Waals surface area contributed by atoms with Crippen LogP contribution >= 0.6 is 23.2 Å². The second kappa shape index (κ2) is 10.6. The summed E-state index contributed by atoms with van der Waals surface area (Å²) in [7, 11) is 0. The number of primary amides is 1. The highest BCUT2D eigenvalue weighted by molar-refractivity contribution is 6.34. The topological polar surface area (TPSA) is 102 Å². The molecule has 0 bridgehead atoms. The van der Waals surface area contributed by atoms with Gasteiger partial charge in [0.1, 0.15) is 0 Å². The van der Waals surface area contributed by atoms with Gasteiger partial charge in [-0.3, -0.25) is 4.79 Å². The second-order valence-electron chi connectivity index (χ2n) is 7.85. The van der Waals surface area contributed by atoms with Crippen molar-refractivity contribution >= 4 is 40.8 Å². The molecule has 0 saturated carbocycles. The summed E-state index contributed by atoms with van der Waals surface area (Å²) in [6.07, 6.45) is -5.39. The van der Waals surface area contributed by atoms with E-state index in [-0.39, 0.29) is 32.8 Å². The fourth-order valence-corrected chi connectivity index (χ4v) is 4.06. The van der Waals surface area contributed by atoms with Gasteiger partial charge in [-0.2, -0.15) is 13.2 Å². The van der Waals surface area contributed by atoms with Crippen LogP contribution in [0.15, 0.2) is 71.9 Å². The van der Waals surface area contributed by atoms with Gasteiger partial charge in [-0.25, -0.2) is 4.79 Å². The van der Waals surface area contributed by atoms with Crippen molar-refractivity contribution < 1.29 is 32.7 Å². The molecule has 0 aliphatic carbocycles. The average Bonchev–Trinajstić information content (AvgIpc) is 3.26. The fourth-order valence-electron chi connectivity index (χ4n) is 3.53. The van der Waals surface area contributed by atoms with E-state index in [0.29, 0.717) is 16.7 Å². The lowest BCUT2D eigenvalue weighted by molar-refractivity contribution is -0.275. The number of benzene rings is 3. The van der Waals surface area contributed by atoms with Gasteiger partial charge in [0.15, 0.2) is 0 Å². The van der Waals surface area contributed by atoms with E-state index >= 15 is 0 Å². The summed E-state index contributed by atoms with van der Waals surface area (Å²) >= 11 is 11.7. The molecule has 1 atom stereocenters. The minimum Gasteiger partial charge on any atom is -0.478 e. The Kier molecular flexibility index (Phi) is 7.96. The Morgan fingerprint density at radius 1 is 1.03 bits per heavy atom. The molecule has 188 valence electrons. The first kappa shape index (κ1) is 27.0. The lowest BCUT2D eigenvalue weighted by Gasteiger charge is -2.29. The van der Waals surface area contributed by atoms with Crippen molar-refractivity contribution in [1.82, 2.24) is 0 Å². The van der Waals surface area contributed by atoms with Crippen LogP contribution in [-0.2, 0) is 10.4 Å². The molecule has 0 spiro atoms. The molecule has 0 aromatic heterocycles. The summed E-state index contributed by atoms with van der Waals surface area (Å²) in [5.74, 6) is -1.50. The van der Waals surface area contributed by atoms with Gasteiger partial charge in [-0.1, -0.05) is 52.6 Å². The number of carboxylic acid groups (broad SMARTS) is 1. The number of halogens is 5. The number of carbonyl (C=O) groups is 2. The monoisotopic (exact) mass is 538 g/mol. The van der Waals surface area contributed by atoms with Crippen molar-refractivity contribution in [3.63, 3.8) is 0 Å². The van der Waals surface area contributed by atoms with Gasteiger partial charge in [-0.15, -0.1) is 0 Å². The van der Waals surface area contributed by atoms with Crippen LogP contribution in [-0.4, -0.2) is 28.9 Å². The molecule has 36 heavy (non-hydrogen) atoms. The van der Waals surface area contributed by atoms with Crippen LogP contribution in [0.25, 0.3) is 0 Å². The highest BCUT2D eigenvalue weighted by atomic mass is 35.5. The Hall–Kier alpha value is -3.56. The van der Waals surface area contributed by atoms with Gasteiger partial charge in [-0.05, 0) is 60.5 Å². The molecule has 0 saturated heterocycles. The number of oxime groups is 1. The molecule has 1 heterocycles. The lowest BCUT2D eigenvalue weighted by atomic mass is 9.86. The van der Waals surface area contributed by atoms with Crippen LogP contribution in [0.2, 0.25) is 10.0 Å². The zero-order valence-electron chi connectivity index (χ0n) is 18.6. The first-order chi connectivity index (χ1) is 16.8. The maximum absolute atomic E-state index is 13.9. The first-order valence-corrected chi connectivity index (χ1v) is 11.1. The summed E-state index contributed by atoms with van der Waals surface area (Å²) in [6, 6.07) is 16.5. The molecule has 1 amide bonds. The number of nitrogens with two attached hydrogens (primary N) is 1. The van der Waals surface area contributed by atoms with Crippen molar-refractivity contribution in [1.29, 1.82) is 0 Å².